The first-order valence-electron chi connectivity index (χ1n) is 10.4. The minimum Gasteiger partial charge on any atom is -0.497 e. The monoisotopic (exact) mass is 404 g/mol. The zero-order valence-electron chi connectivity index (χ0n) is 17.6. The molecule has 0 aromatic heterocycles. The topological polar surface area (TPSA) is 50.8 Å². The number of carbonyl (C=O) groups is 1. The number of amides is 1. The smallest absolute Gasteiger partial charge is 0.251 e. The van der Waals surface area contributed by atoms with E-state index in [9.17, 15) is 4.79 Å². The number of nitrogens with zero attached hydrogens (tertiary/aromatic N) is 1. The first-order chi connectivity index (χ1) is 14.6. The minimum atomic E-state index is -0.0303. The second kappa shape index (κ2) is 9.18. The van der Waals surface area contributed by atoms with E-state index >= 15 is 0 Å². The van der Waals surface area contributed by atoms with Crippen molar-refractivity contribution >= 4 is 16.7 Å². The van der Waals surface area contributed by atoms with Crippen molar-refractivity contribution < 1.29 is 14.3 Å². The summed E-state index contributed by atoms with van der Waals surface area (Å²) in [6.45, 7) is 2.88. The van der Waals surface area contributed by atoms with E-state index in [1.807, 2.05) is 24.3 Å². The third-order valence-corrected chi connectivity index (χ3v) is 5.77. The van der Waals surface area contributed by atoms with Crippen LogP contribution in [0.1, 0.15) is 28.8 Å². The summed E-state index contributed by atoms with van der Waals surface area (Å²) < 4.78 is 10.5. The molecule has 0 saturated carbocycles. The van der Waals surface area contributed by atoms with E-state index in [4.69, 9.17) is 9.47 Å². The van der Waals surface area contributed by atoms with Crippen LogP contribution >= 0.6 is 0 Å². The molecule has 1 amide bonds. The Labute approximate surface area is 177 Å². The first-order valence-corrected chi connectivity index (χ1v) is 10.4. The number of hydrogen-bond donors (Lipinski definition) is 1. The van der Waals surface area contributed by atoms with Crippen LogP contribution in [0.3, 0.4) is 0 Å². The summed E-state index contributed by atoms with van der Waals surface area (Å²) in [5.74, 6) is 1.55. The van der Waals surface area contributed by atoms with Gasteiger partial charge in [-0.15, -0.1) is 0 Å². The number of methoxy groups -OCH3 is 2. The van der Waals surface area contributed by atoms with Crippen LogP contribution in [0.15, 0.2) is 60.7 Å². The average Bonchev–Trinajstić information content (AvgIpc) is 2.80. The number of rotatable bonds is 6. The highest BCUT2D eigenvalue weighted by atomic mass is 16.5. The number of hydrogen-bond acceptors (Lipinski definition) is 4. The summed E-state index contributed by atoms with van der Waals surface area (Å²) in [5.41, 5.74) is 1.95. The van der Waals surface area contributed by atoms with Gasteiger partial charge >= 0.3 is 0 Å². The molecule has 1 fully saturated rings. The predicted octanol–water partition coefficient (Wildman–Crippen LogP) is 4.25. The molecule has 3 aromatic rings. The van der Waals surface area contributed by atoms with Crippen molar-refractivity contribution in [1.29, 1.82) is 0 Å². The molecular formula is C25H28N2O3. The molecule has 0 spiro atoms. The fraction of sp³-hybridized carbons (Fsp3) is 0.320. The number of likely N-dealkylation sites (tertiary alicyclic amines) is 1. The third-order valence-electron chi connectivity index (χ3n) is 5.77. The van der Waals surface area contributed by atoms with Crippen molar-refractivity contribution in [3.63, 3.8) is 0 Å². The molecule has 1 N–H and O–H groups in total. The molecule has 5 heteroatoms. The highest BCUT2D eigenvalue weighted by Crippen LogP contribution is 2.23. The lowest BCUT2D eigenvalue weighted by atomic mass is 10.0. The molecular weight excluding hydrogens is 376 g/mol. The molecule has 0 atom stereocenters. The Kier molecular flexibility index (Phi) is 6.19. The lowest BCUT2D eigenvalue weighted by molar-refractivity contribution is 0.0908. The van der Waals surface area contributed by atoms with Gasteiger partial charge in [-0.05, 0) is 65.6 Å². The summed E-state index contributed by atoms with van der Waals surface area (Å²) >= 11 is 0. The maximum absolute atomic E-state index is 12.5. The molecule has 0 radical (unpaired) electrons. The Bertz CT molecular complexity index is 1030. The Balaban J connectivity index is 1.31. The number of piperidine rings is 1. The Hall–Kier alpha value is -3.05. The Morgan fingerprint density at radius 1 is 0.933 bits per heavy atom. The normalized spacial score (nSPS) is 15.1. The van der Waals surface area contributed by atoms with Gasteiger partial charge in [-0.3, -0.25) is 9.69 Å². The standard InChI is InChI=1S/C25H28N2O3/c1-29-23-5-3-4-21(16-23)25(28)26-22-10-12-27(13-11-22)17-18-6-7-20-15-24(30-2)9-8-19(20)14-18/h3-9,14-16,22H,10-13,17H2,1-2H3,(H,26,28). The molecule has 0 unspecified atom stereocenters. The minimum absolute atomic E-state index is 0.0303. The number of nitrogens with one attached hydrogen (secondary N) is 1. The van der Waals surface area contributed by atoms with Crippen LogP contribution in [0.2, 0.25) is 0 Å². The Morgan fingerprint density at radius 3 is 2.40 bits per heavy atom. The lowest BCUT2D eigenvalue weighted by Crippen LogP contribution is -2.44. The number of fused-ring (bicyclic) bond motifs is 1. The summed E-state index contributed by atoms with van der Waals surface area (Å²) in [7, 11) is 3.30. The van der Waals surface area contributed by atoms with Gasteiger partial charge in [-0.25, -0.2) is 0 Å². The van der Waals surface area contributed by atoms with Crippen molar-refractivity contribution in [3.8, 4) is 11.5 Å². The molecule has 30 heavy (non-hydrogen) atoms. The van der Waals surface area contributed by atoms with Crippen LogP contribution in [0, 0.1) is 0 Å². The Morgan fingerprint density at radius 2 is 1.63 bits per heavy atom. The van der Waals surface area contributed by atoms with Crippen LogP contribution in [-0.4, -0.2) is 44.2 Å². The molecule has 1 aliphatic rings. The van der Waals surface area contributed by atoms with Gasteiger partial charge in [0.1, 0.15) is 11.5 Å². The van der Waals surface area contributed by atoms with Gasteiger partial charge in [0.2, 0.25) is 0 Å². The molecule has 1 saturated heterocycles. The number of carbonyl (C=O) groups excluding carboxylic acids is 1. The van der Waals surface area contributed by atoms with Crippen molar-refractivity contribution in [3.05, 3.63) is 71.8 Å². The second-order valence-corrected chi connectivity index (χ2v) is 7.80. The highest BCUT2D eigenvalue weighted by Gasteiger charge is 2.21. The molecule has 3 aromatic carbocycles. The third kappa shape index (κ3) is 4.74. The van der Waals surface area contributed by atoms with Crippen molar-refractivity contribution in [2.75, 3.05) is 27.3 Å². The quantitative estimate of drug-likeness (QED) is 0.667. The molecule has 1 aliphatic heterocycles. The molecule has 5 nitrogen and oxygen atoms in total. The summed E-state index contributed by atoms with van der Waals surface area (Å²) in [4.78, 5) is 15.0. The second-order valence-electron chi connectivity index (χ2n) is 7.80. The lowest BCUT2D eigenvalue weighted by Gasteiger charge is -2.32. The van der Waals surface area contributed by atoms with E-state index in [2.05, 4.69) is 40.5 Å². The van der Waals surface area contributed by atoms with Gasteiger partial charge in [0.25, 0.3) is 5.91 Å². The zero-order valence-corrected chi connectivity index (χ0v) is 17.6. The summed E-state index contributed by atoms with van der Waals surface area (Å²) in [5, 5.41) is 5.59. The van der Waals surface area contributed by atoms with Crippen LogP contribution in [0.25, 0.3) is 10.8 Å². The van der Waals surface area contributed by atoms with Gasteiger partial charge in [-0.2, -0.15) is 0 Å². The van der Waals surface area contributed by atoms with Gasteiger partial charge in [0.15, 0.2) is 0 Å². The zero-order chi connectivity index (χ0) is 20.9. The van der Waals surface area contributed by atoms with Gasteiger partial charge in [0.05, 0.1) is 14.2 Å². The van der Waals surface area contributed by atoms with E-state index < -0.39 is 0 Å². The summed E-state index contributed by atoms with van der Waals surface area (Å²) in [6.07, 6.45) is 1.92. The van der Waals surface area contributed by atoms with E-state index in [1.165, 1.54) is 16.3 Å². The van der Waals surface area contributed by atoms with Crippen LogP contribution in [0.4, 0.5) is 0 Å². The van der Waals surface area contributed by atoms with Crippen molar-refractivity contribution in [2.45, 2.75) is 25.4 Å². The molecule has 1 heterocycles. The van der Waals surface area contributed by atoms with Crippen LogP contribution in [-0.2, 0) is 6.54 Å². The van der Waals surface area contributed by atoms with Gasteiger partial charge in [-0.1, -0.05) is 24.3 Å². The number of ether oxygens (including phenoxy) is 2. The molecule has 0 aliphatic carbocycles. The van der Waals surface area contributed by atoms with E-state index in [0.717, 1.165) is 38.2 Å². The summed E-state index contributed by atoms with van der Waals surface area (Å²) in [6, 6.07) is 20.3. The van der Waals surface area contributed by atoms with Crippen molar-refractivity contribution in [1.82, 2.24) is 10.2 Å². The average molecular weight is 405 g/mol. The molecule has 156 valence electrons. The predicted molar refractivity (Wildman–Crippen MR) is 119 cm³/mol. The molecule has 0 bridgehead atoms. The molecule has 4 rings (SSSR count). The van der Waals surface area contributed by atoms with Gasteiger partial charge < -0.3 is 14.8 Å². The van der Waals surface area contributed by atoms with E-state index in [0.29, 0.717) is 11.3 Å². The van der Waals surface area contributed by atoms with Crippen LogP contribution < -0.4 is 14.8 Å². The largest absolute Gasteiger partial charge is 0.497 e. The fourth-order valence-electron chi connectivity index (χ4n) is 4.03. The fourth-order valence-corrected chi connectivity index (χ4v) is 4.03. The number of benzene rings is 3. The first kappa shape index (κ1) is 20.2. The van der Waals surface area contributed by atoms with E-state index in [-0.39, 0.29) is 11.9 Å². The highest BCUT2D eigenvalue weighted by molar-refractivity contribution is 5.94. The van der Waals surface area contributed by atoms with Crippen LogP contribution in [0.5, 0.6) is 11.5 Å². The maximum Gasteiger partial charge on any atom is 0.251 e. The van der Waals surface area contributed by atoms with Crippen molar-refractivity contribution in [2.24, 2.45) is 0 Å². The van der Waals surface area contributed by atoms with Gasteiger partial charge in [0, 0.05) is 31.2 Å². The SMILES string of the molecule is COc1cccc(C(=O)NC2CCN(Cc3ccc4cc(OC)ccc4c3)CC2)c1. The maximum atomic E-state index is 12.5. The van der Waals surface area contributed by atoms with E-state index in [1.54, 1.807) is 20.3 Å².